The number of aromatic nitrogens is 2. The van der Waals surface area contributed by atoms with Crippen molar-refractivity contribution in [2.45, 2.75) is 33.6 Å². The number of carboxylic acid groups (broad SMARTS) is 2. The van der Waals surface area contributed by atoms with E-state index in [1.54, 1.807) is 64.6 Å². The molecule has 0 bridgehead atoms. The highest BCUT2D eigenvalue weighted by molar-refractivity contribution is 6.31. The van der Waals surface area contributed by atoms with Crippen molar-refractivity contribution in [3.05, 3.63) is 164 Å². The zero-order valence-corrected chi connectivity index (χ0v) is 30.6. The van der Waals surface area contributed by atoms with E-state index in [4.69, 9.17) is 23.2 Å². The van der Waals surface area contributed by atoms with Crippen LogP contribution in [-0.2, 0) is 22.4 Å². The van der Waals surface area contributed by atoms with Crippen LogP contribution in [0, 0.1) is 20.8 Å². The normalized spacial score (nSPS) is 11.0. The van der Waals surface area contributed by atoms with Gasteiger partial charge in [0.25, 0.3) is 11.8 Å². The number of fused-ring (bicyclic) bond motifs is 2. The van der Waals surface area contributed by atoms with E-state index < -0.39 is 11.9 Å². The van der Waals surface area contributed by atoms with Crippen LogP contribution in [0.5, 0.6) is 0 Å². The summed E-state index contributed by atoms with van der Waals surface area (Å²) in [5.41, 5.74) is 7.75. The molecule has 0 saturated carbocycles. The number of rotatable bonds is 7. The van der Waals surface area contributed by atoms with Gasteiger partial charge in [0.05, 0.1) is 29.6 Å². The van der Waals surface area contributed by atoms with Gasteiger partial charge in [0.2, 0.25) is 0 Å². The third-order valence-corrected chi connectivity index (χ3v) is 9.51. The van der Waals surface area contributed by atoms with Crippen LogP contribution in [0.1, 0.15) is 48.7 Å². The predicted octanol–water partition coefficient (Wildman–Crippen LogP) is 9.81. The fraction of sp³-hybridized carbons (Fsp3) is 0.116. The summed E-state index contributed by atoms with van der Waals surface area (Å²) in [5, 5.41) is 21.4. The van der Waals surface area contributed by atoms with E-state index in [2.05, 4.69) is 0 Å². The molecule has 8 nitrogen and oxygen atoms in total. The Morgan fingerprint density at radius 1 is 0.547 bits per heavy atom. The summed E-state index contributed by atoms with van der Waals surface area (Å²) in [6.45, 7) is 5.67. The van der Waals surface area contributed by atoms with E-state index in [-0.39, 0.29) is 24.7 Å². The zero-order chi connectivity index (χ0) is 38.0. The summed E-state index contributed by atoms with van der Waals surface area (Å²) < 4.78 is 3.20. The highest BCUT2D eigenvalue weighted by atomic mass is 35.5. The molecule has 0 radical (unpaired) electrons. The molecule has 7 rings (SSSR count). The molecule has 0 unspecified atom stereocenters. The first-order valence-electron chi connectivity index (χ1n) is 16.7. The number of halogens is 2. The van der Waals surface area contributed by atoms with Crippen LogP contribution >= 0.6 is 23.2 Å². The van der Waals surface area contributed by atoms with Crippen LogP contribution in [0.25, 0.3) is 33.1 Å². The van der Waals surface area contributed by atoms with Crippen LogP contribution < -0.4 is 0 Å². The Kier molecular flexibility index (Phi) is 10.7. The first-order valence-corrected chi connectivity index (χ1v) is 17.4. The molecular formula is C43H34Cl2N2O6. The van der Waals surface area contributed by atoms with Gasteiger partial charge >= 0.3 is 11.9 Å². The first kappa shape index (κ1) is 36.8. The van der Waals surface area contributed by atoms with E-state index in [9.17, 15) is 29.4 Å². The molecule has 266 valence electrons. The lowest BCUT2D eigenvalue weighted by atomic mass is 10.0. The second-order valence-corrected chi connectivity index (χ2v) is 13.6. The molecule has 0 amide bonds. The number of carboxylic acids is 2. The van der Waals surface area contributed by atoms with Crippen molar-refractivity contribution in [2.75, 3.05) is 0 Å². The predicted molar refractivity (Wildman–Crippen MR) is 209 cm³/mol. The number of hydrogen-bond donors (Lipinski definition) is 2. The van der Waals surface area contributed by atoms with Gasteiger partial charge in [-0.3, -0.25) is 28.3 Å². The molecule has 2 aromatic heterocycles. The molecule has 53 heavy (non-hydrogen) atoms. The molecular weight excluding hydrogens is 711 g/mol. The van der Waals surface area contributed by atoms with Gasteiger partial charge in [0.1, 0.15) is 0 Å². The summed E-state index contributed by atoms with van der Waals surface area (Å²) in [5.74, 6) is -2.29. The molecule has 7 aromatic rings. The maximum absolute atomic E-state index is 13.5. The minimum absolute atomic E-state index is 0.118. The quantitative estimate of drug-likeness (QED) is 0.168. The van der Waals surface area contributed by atoms with Crippen molar-refractivity contribution in [3.63, 3.8) is 0 Å². The highest BCUT2D eigenvalue weighted by Gasteiger charge is 2.25. The van der Waals surface area contributed by atoms with Gasteiger partial charge in [-0.2, -0.15) is 0 Å². The summed E-state index contributed by atoms with van der Waals surface area (Å²) in [4.78, 5) is 49.4. The summed E-state index contributed by atoms with van der Waals surface area (Å²) in [6, 6.07) is 34.2. The number of benzene rings is 5. The number of aliphatic carboxylic acids is 2. The average Bonchev–Trinajstić information content (AvgIpc) is 3.58. The molecule has 2 heterocycles. The van der Waals surface area contributed by atoms with Crippen molar-refractivity contribution in [1.82, 2.24) is 9.13 Å². The Labute approximate surface area is 315 Å². The third-order valence-electron chi connectivity index (χ3n) is 9.01. The topological polar surface area (TPSA) is 119 Å². The van der Waals surface area contributed by atoms with Crippen LogP contribution in [-0.4, -0.2) is 43.1 Å². The number of carbonyl (C=O) groups excluding carboxylic acids is 2. The van der Waals surface area contributed by atoms with E-state index in [1.165, 1.54) is 0 Å². The van der Waals surface area contributed by atoms with Gasteiger partial charge in [-0.05, 0) is 110 Å². The van der Waals surface area contributed by atoms with Gasteiger partial charge in [-0.1, -0.05) is 76.8 Å². The van der Waals surface area contributed by atoms with E-state index in [1.807, 2.05) is 80.6 Å². The van der Waals surface area contributed by atoms with E-state index in [0.29, 0.717) is 54.7 Å². The molecule has 10 heteroatoms. The molecule has 0 aliphatic heterocycles. The second kappa shape index (κ2) is 15.3. The Morgan fingerprint density at radius 3 is 1.47 bits per heavy atom. The lowest BCUT2D eigenvalue weighted by molar-refractivity contribution is -0.137. The fourth-order valence-corrected chi connectivity index (χ4v) is 6.84. The van der Waals surface area contributed by atoms with Crippen LogP contribution in [0.15, 0.2) is 115 Å². The molecule has 0 spiro atoms. The van der Waals surface area contributed by atoms with Crippen molar-refractivity contribution < 1.29 is 29.4 Å². The van der Waals surface area contributed by atoms with Gasteiger partial charge in [-0.25, -0.2) is 0 Å². The zero-order valence-electron chi connectivity index (χ0n) is 29.1. The van der Waals surface area contributed by atoms with E-state index >= 15 is 0 Å². The summed E-state index contributed by atoms with van der Waals surface area (Å²) in [7, 11) is 0. The number of carbonyl (C=O) groups is 4. The Bertz CT molecular complexity index is 2530. The second-order valence-electron chi connectivity index (χ2n) is 12.7. The average molecular weight is 746 g/mol. The highest BCUT2D eigenvalue weighted by Crippen LogP contribution is 2.36. The maximum Gasteiger partial charge on any atom is 0.307 e. The maximum atomic E-state index is 13.5. The van der Waals surface area contributed by atoms with E-state index in [0.717, 1.165) is 27.5 Å². The Morgan fingerprint density at radius 2 is 0.981 bits per heavy atom. The number of nitrogens with zero attached hydrogens (tertiary/aromatic N) is 2. The van der Waals surface area contributed by atoms with Gasteiger partial charge in [0.15, 0.2) is 0 Å². The van der Waals surface area contributed by atoms with Gasteiger partial charge in [0, 0.05) is 37.6 Å². The molecule has 5 aromatic carbocycles. The number of hydrogen-bond acceptors (Lipinski definition) is 4. The Balaban J connectivity index is 0.000000185. The standard InChI is InChI=1S/C24H18ClNO3.C19H16ClNO3/c1-15-7-12-21-19(13-15)20(14-22(27)28)23(16-5-3-2-4-6-16)26(21)24(29)17-8-10-18(25)11-9-17;1-11-3-8-17-16(9-11)15(10-18(22)23)12(2)21(17)19(24)13-4-6-14(20)7-5-13/h2-13H,14H2,1H3,(H,27,28);3-9H,10H2,1-2H3,(H,22,23). The SMILES string of the molecule is Cc1ccc2c(c1)c(CC(=O)O)c(-c1ccccc1)n2C(=O)c1ccc(Cl)cc1.Cc1ccc2c(c1)c(CC(=O)O)c(C)n2C(=O)c1ccc(Cl)cc1. The molecule has 0 aliphatic carbocycles. The molecule has 0 atom stereocenters. The van der Waals surface area contributed by atoms with Gasteiger partial charge in [-0.15, -0.1) is 0 Å². The smallest absolute Gasteiger partial charge is 0.307 e. The van der Waals surface area contributed by atoms with Crippen LogP contribution in [0.3, 0.4) is 0 Å². The Hall–Kier alpha value is -5.96. The van der Waals surface area contributed by atoms with Crippen molar-refractivity contribution >= 4 is 68.8 Å². The lowest BCUT2D eigenvalue weighted by Gasteiger charge is -2.11. The lowest BCUT2D eigenvalue weighted by Crippen LogP contribution is -2.14. The fourth-order valence-electron chi connectivity index (χ4n) is 6.59. The van der Waals surface area contributed by atoms with Crippen LogP contribution in [0.2, 0.25) is 10.0 Å². The first-order chi connectivity index (χ1) is 25.3. The van der Waals surface area contributed by atoms with Crippen molar-refractivity contribution in [1.29, 1.82) is 0 Å². The van der Waals surface area contributed by atoms with Crippen molar-refractivity contribution in [3.8, 4) is 11.3 Å². The van der Waals surface area contributed by atoms with Crippen molar-refractivity contribution in [2.24, 2.45) is 0 Å². The molecule has 0 saturated heterocycles. The van der Waals surface area contributed by atoms with Gasteiger partial charge < -0.3 is 10.2 Å². The monoisotopic (exact) mass is 744 g/mol. The van der Waals surface area contributed by atoms with Crippen LogP contribution in [0.4, 0.5) is 0 Å². The number of aryl methyl sites for hydroxylation is 2. The molecule has 2 N–H and O–H groups in total. The third kappa shape index (κ3) is 7.65. The summed E-state index contributed by atoms with van der Waals surface area (Å²) in [6.07, 6.45) is -0.294. The minimum Gasteiger partial charge on any atom is -0.481 e. The summed E-state index contributed by atoms with van der Waals surface area (Å²) >= 11 is 11.9. The minimum atomic E-state index is -0.943. The molecule has 0 fully saturated rings. The molecule has 0 aliphatic rings. The largest absolute Gasteiger partial charge is 0.481 e.